The molecule has 0 saturated heterocycles. The fourth-order valence-corrected chi connectivity index (χ4v) is 2.29. The molecule has 1 amide bonds. The van der Waals surface area contributed by atoms with Gasteiger partial charge in [0.15, 0.2) is 6.61 Å². The summed E-state index contributed by atoms with van der Waals surface area (Å²) < 4.78 is 49.2. The van der Waals surface area contributed by atoms with Crippen molar-refractivity contribution in [3.05, 3.63) is 71.4 Å². The zero-order valence-corrected chi connectivity index (χ0v) is 14.6. The minimum Gasteiger partial charge on any atom is -0.485 e. The summed E-state index contributed by atoms with van der Waals surface area (Å²) in [5.41, 5.74) is 3.66. The molecule has 2 N–H and O–H groups in total. The number of carbonyl (C=O) groups is 1. The van der Waals surface area contributed by atoms with Gasteiger partial charge in [-0.15, -0.1) is 0 Å². The number of nitrogens with one attached hydrogen (secondary N) is 2. The predicted octanol–water partition coefficient (Wildman–Crippen LogP) is 3.73. The Bertz CT molecular complexity index is 955. The summed E-state index contributed by atoms with van der Waals surface area (Å²) in [6.45, 7) is 1.75. The minimum absolute atomic E-state index is 0.0959. The molecule has 2 aromatic carbocycles. The van der Waals surface area contributed by atoms with Gasteiger partial charge in [-0.3, -0.25) is 15.6 Å². The van der Waals surface area contributed by atoms with Crippen molar-refractivity contribution in [3.8, 4) is 5.75 Å². The number of para-hydroxylation sites is 1. The number of aryl methyl sites for hydroxylation is 1. The summed E-state index contributed by atoms with van der Waals surface area (Å²) in [6.07, 6.45) is -4.54. The lowest BCUT2D eigenvalue weighted by atomic mass is 10.2. The lowest BCUT2D eigenvalue weighted by Gasteiger charge is -2.15. The molecule has 0 radical (unpaired) electrons. The molecule has 10 heteroatoms. The number of nitrogens with zero attached hydrogens (tertiary/aromatic N) is 2. The molecule has 0 saturated carbocycles. The van der Waals surface area contributed by atoms with E-state index in [4.69, 9.17) is 9.26 Å². The lowest BCUT2D eigenvalue weighted by Crippen LogP contribution is -2.30. The van der Waals surface area contributed by atoms with Crippen molar-refractivity contribution >= 4 is 11.6 Å². The Kier molecular flexibility index (Phi) is 5.48. The number of hydrogen-bond donors (Lipinski definition) is 2. The predicted molar refractivity (Wildman–Crippen MR) is 92.3 cm³/mol. The fraction of sp³-hybridized carbons (Fsp3) is 0.167. The van der Waals surface area contributed by atoms with Crippen molar-refractivity contribution in [3.63, 3.8) is 0 Å². The number of anilines is 1. The first kappa shape index (κ1) is 19.2. The number of alkyl halides is 3. The third-order valence-electron chi connectivity index (χ3n) is 3.60. The van der Waals surface area contributed by atoms with Crippen LogP contribution in [-0.2, 0) is 12.8 Å². The van der Waals surface area contributed by atoms with Crippen LogP contribution in [0.15, 0.2) is 53.1 Å². The highest BCUT2D eigenvalue weighted by Crippen LogP contribution is 2.34. The molecule has 3 aromatic rings. The Morgan fingerprint density at radius 3 is 2.50 bits per heavy atom. The van der Waals surface area contributed by atoms with Gasteiger partial charge in [-0.05, 0) is 36.4 Å². The van der Waals surface area contributed by atoms with E-state index in [1.54, 1.807) is 19.1 Å². The average molecular weight is 392 g/mol. The van der Waals surface area contributed by atoms with Crippen LogP contribution >= 0.6 is 0 Å². The van der Waals surface area contributed by atoms with E-state index in [0.29, 0.717) is 17.5 Å². The number of hydrogen-bond acceptors (Lipinski definition) is 6. The van der Waals surface area contributed by atoms with Gasteiger partial charge in [0.25, 0.3) is 5.91 Å². The van der Waals surface area contributed by atoms with Crippen LogP contribution in [0, 0.1) is 6.92 Å². The Balaban J connectivity index is 1.58. The lowest BCUT2D eigenvalue weighted by molar-refractivity contribution is -0.137. The van der Waals surface area contributed by atoms with Crippen LogP contribution < -0.4 is 15.6 Å². The maximum Gasteiger partial charge on any atom is 0.418 e. The standard InChI is InChI=1S/C18H15F3N4O3/c1-11-22-16(25-28-11)10-27-13-8-6-12(7-9-13)17(26)24-23-15-5-3-2-4-14(15)18(19,20)21/h2-9,23H,10H2,1H3,(H,24,26). The second-order valence-electron chi connectivity index (χ2n) is 5.67. The normalized spacial score (nSPS) is 11.1. The number of amides is 1. The Morgan fingerprint density at radius 2 is 1.86 bits per heavy atom. The molecule has 0 aliphatic heterocycles. The van der Waals surface area contributed by atoms with Crippen LogP contribution in [0.5, 0.6) is 5.75 Å². The molecule has 0 spiro atoms. The van der Waals surface area contributed by atoms with Gasteiger partial charge in [-0.1, -0.05) is 17.3 Å². The number of halogens is 3. The van der Waals surface area contributed by atoms with E-state index in [2.05, 4.69) is 21.0 Å². The molecule has 7 nitrogen and oxygen atoms in total. The number of ether oxygens (including phenoxy) is 1. The minimum atomic E-state index is -4.54. The van der Waals surface area contributed by atoms with E-state index in [9.17, 15) is 18.0 Å². The zero-order chi connectivity index (χ0) is 20.1. The van der Waals surface area contributed by atoms with E-state index in [1.165, 1.54) is 30.3 Å². The molecule has 0 aliphatic carbocycles. The van der Waals surface area contributed by atoms with Crippen LogP contribution in [-0.4, -0.2) is 16.0 Å². The van der Waals surface area contributed by atoms with Gasteiger partial charge in [-0.25, -0.2) is 0 Å². The molecule has 146 valence electrons. The maximum absolute atomic E-state index is 13.0. The molecular formula is C18H15F3N4O3. The molecule has 0 aliphatic rings. The highest BCUT2D eigenvalue weighted by molar-refractivity contribution is 5.95. The summed E-state index contributed by atoms with van der Waals surface area (Å²) in [5.74, 6) is 0.670. The Morgan fingerprint density at radius 1 is 1.14 bits per heavy atom. The Hall–Kier alpha value is -3.56. The van der Waals surface area contributed by atoms with E-state index < -0.39 is 17.6 Å². The number of benzene rings is 2. The Labute approximate surface area is 157 Å². The number of carbonyl (C=O) groups excluding carboxylic acids is 1. The van der Waals surface area contributed by atoms with E-state index in [-0.39, 0.29) is 17.9 Å². The van der Waals surface area contributed by atoms with Gasteiger partial charge in [-0.2, -0.15) is 18.2 Å². The largest absolute Gasteiger partial charge is 0.485 e. The summed E-state index contributed by atoms with van der Waals surface area (Å²) in [5, 5.41) is 3.69. The number of rotatable bonds is 6. The maximum atomic E-state index is 13.0. The molecule has 28 heavy (non-hydrogen) atoms. The average Bonchev–Trinajstić information content (AvgIpc) is 3.09. The smallest absolute Gasteiger partial charge is 0.418 e. The first-order valence-corrected chi connectivity index (χ1v) is 8.07. The molecule has 0 unspecified atom stereocenters. The molecule has 0 bridgehead atoms. The quantitative estimate of drug-likeness (QED) is 0.622. The molecule has 0 atom stereocenters. The topological polar surface area (TPSA) is 89.3 Å². The summed E-state index contributed by atoms with van der Waals surface area (Å²) in [7, 11) is 0. The first-order valence-electron chi connectivity index (χ1n) is 8.07. The second-order valence-corrected chi connectivity index (χ2v) is 5.67. The van der Waals surface area contributed by atoms with Crippen LogP contribution in [0.25, 0.3) is 0 Å². The third kappa shape index (κ3) is 4.78. The SMILES string of the molecule is Cc1nc(COc2ccc(C(=O)NNc3ccccc3C(F)(F)F)cc2)no1. The first-order chi connectivity index (χ1) is 13.3. The highest BCUT2D eigenvalue weighted by Gasteiger charge is 2.33. The van der Waals surface area contributed by atoms with Crippen molar-refractivity contribution in [2.75, 3.05) is 5.43 Å². The van der Waals surface area contributed by atoms with E-state index in [1.807, 2.05) is 0 Å². The van der Waals surface area contributed by atoms with E-state index in [0.717, 1.165) is 6.07 Å². The molecule has 1 heterocycles. The van der Waals surface area contributed by atoms with Crippen LogP contribution in [0.4, 0.5) is 18.9 Å². The summed E-state index contributed by atoms with van der Waals surface area (Å²) in [4.78, 5) is 16.1. The number of aromatic nitrogens is 2. The highest BCUT2D eigenvalue weighted by atomic mass is 19.4. The zero-order valence-electron chi connectivity index (χ0n) is 14.6. The van der Waals surface area contributed by atoms with Gasteiger partial charge in [0.05, 0.1) is 11.3 Å². The second kappa shape index (κ2) is 7.99. The van der Waals surface area contributed by atoms with Crippen molar-refractivity contribution in [1.82, 2.24) is 15.6 Å². The summed E-state index contributed by atoms with van der Waals surface area (Å²) >= 11 is 0. The molecule has 1 aromatic heterocycles. The van der Waals surface area contributed by atoms with Gasteiger partial charge in [0.2, 0.25) is 11.7 Å². The van der Waals surface area contributed by atoms with Crippen molar-refractivity contribution in [2.24, 2.45) is 0 Å². The van der Waals surface area contributed by atoms with E-state index >= 15 is 0 Å². The van der Waals surface area contributed by atoms with Gasteiger partial charge in [0, 0.05) is 12.5 Å². The van der Waals surface area contributed by atoms with Gasteiger partial charge >= 0.3 is 6.18 Å². The van der Waals surface area contributed by atoms with Gasteiger partial charge < -0.3 is 9.26 Å². The van der Waals surface area contributed by atoms with Crippen LogP contribution in [0.1, 0.15) is 27.6 Å². The molecule has 3 rings (SSSR count). The van der Waals surface area contributed by atoms with Crippen molar-refractivity contribution in [1.29, 1.82) is 0 Å². The molecular weight excluding hydrogens is 377 g/mol. The van der Waals surface area contributed by atoms with Crippen LogP contribution in [0.3, 0.4) is 0 Å². The molecule has 0 fully saturated rings. The fourth-order valence-electron chi connectivity index (χ4n) is 2.29. The van der Waals surface area contributed by atoms with Gasteiger partial charge in [0.1, 0.15) is 5.75 Å². The third-order valence-corrected chi connectivity index (χ3v) is 3.60. The van der Waals surface area contributed by atoms with Crippen LogP contribution in [0.2, 0.25) is 0 Å². The van der Waals surface area contributed by atoms with Crippen molar-refractivity contribution in [2.45, 2.75) is 19.7 Å². The monoisotopic (exact) mass is 392 g/mol. The summed E-state index contributed by atoms with van der Waals surface area (Å²) in [6, 6.07) is 10.9. The van der Waals surface area contributed by atoms with Crippen molar-refractivity contribution < 1.29 is 27.2 Å². The number of hydrazine groups is 1.